The topological polar surface area (TPSA) is 26.0 Å². The molecule has 0 aliphatic rings. The molecule has 1 nitrogen and oxygen atoms in total. The molecule has 0 aliphatic heterocycles. The van der Waals surface area contributed by atoms with Crippen molar-refractivity contribution in [2.45, 2.75) is 19.8 Å². The van der Waals surface area contributed by atoms with Crippen molar-refractivity contribution in [1.82, 2.24) is 0 Å². The van der Waals surface area contributed by atoms with Gasteiger partial charge >= 0.3 is 0 Å². The molecule has 0 unspecified atom stereocenters. The molecule has 2 N–H and O–H groups in total. The maximum absolute atomic E-state index is 6.29. The fourth-order valence-electron chi connectivity index (χ4n) is 2.85. The molecular weight excluding hydrogens is 266 g/mol. The second-order valence-electron chi connectivity index (χ2n) is 5.81. The van der Waals surface area contributed by atoms with E-state index in [1.54, 1.807) is 0 Å². The van der Waals surface area contributed by atoms with E-state index < -0.39 is 0 Å². The maximum atomic E-state index is 6.29. The Labute approximate surface area is 132 Å². The van der Waals surface area contributed by atoms with Crippen molar-refractivity contribution in [3.05, 3.63) is 101 Å². The maximum Gasteiger partial charge on any atom is 0.0379 e. The van der Waals surface area contributed by atoms with Gasteiger partial charge in [-0.15, -0.1) is 0 Å². The number of benzene rings is 3. The monoisotopic (exact) mass is 287 g/mol. The minimum absolute atomic E-state index is 0.885. The molecule has 0 bridgehead atoms. The number of anilines is 1. The fourth-order valence-corrected chi connectivity index (χ4v) is 2.85. The molecule has 0 heterocycles. The predicted molar refractivity (Wildman–Crippen MR) is 94.1 cm³/mol. The van der Waals surface area contributed by atoms with Crippen molar-refractivity contribution in [3.63, 3.8) is 0 Å². The van der Waals surface area contributed by atoms with Crippen LogP contribution in [0.3, 0.4) is 0 Å². The molecule has 0 fully saturated rings. The lowest BCUT2D eigenvalue weighted by molar-refractivity contribution is 1.13. The molecule has 110 valence electrons. The van der Waals surface area contributed by atoms with Gasteiger partial charge in [-0.25, -0.2) is 0 Å². The van der Waals surface area contributed by atoms with Crippen LogP contribution in [0.4, 0.5) is 5.69 Å². The zero-order chi connectivity index (χ0) is 15.4. The van der Waals surface area contributed by atoms with Gasteiger partial charge < -0.3 is 5.73 Å². The smallest absolute Gasteiger partial charge is 0.0379 e. The van der Waals surface area contributed by atoms with Gasteiger partial charge in [-0.05, 0) is 47.6 Å². The minimum atomic E-state index is 0.885. The third-order valence-corrected chi connectivity index (χ3v) is 4.02. The summed E-state index contributed by atoms with van der Waals surface area (Å²) in [5.41, 5.74) is 13.5. The van der Waals surface area contributed by atoms with Crippen molar-refractivity contribution in [2.24, 2.45) is 0 Å². The highest BCUT2D eigenvalue weighted by molar-refractivity contribution is 5.57. The van der Waals surface area contributed by atoms with Crippen LogP contribution in [0.15, 0.2) is 72.8 Å². The molecule has 22 heavy (non-hydrogen) atoms. The van der Waals surface area contributed by atoms with Crippen LogP contribution in [0.1, 0.15) is 27.8 Å². The van der Waals surface area contributed by atoms with E-state index in [0.29, 0.717) is 0 Å². The van der Waals surface area contributed by atoms with Gasteiger partial charge in [-0.2, -0.15) is 0 Å². The van der Waals surface area contributed by atoms with Gasteiger partial charge in [0, 0.05) is 5.69 Å². The Bertz CT molecular complexity index is 746. The molecule has 0 spiro atoms. The summed E-state index contributed by atoms with van der Waals surface area (Å²) < 4.78 is 0. The van der Waals surface area contributed by atoms with Gasteiger partial charge in [0.15, 0.2) is 0 Å². The first-order valence-corrected chi connectivity index (χ1v) is 7.68. The average Bonchev–Trinajstić information content (AvgIpc) is 2.54. The summed E-state index contributed by atoms with van der Waals surface area (Å²) in [7, 11) is 0. The number of nitrogen functional groups attached to an aromatic ring is 1. The van der Waals surface area contributed by atoms with E-state index in [1.807, 2.05) is 6.07 Å². The molecular formula is C21H21N. The van der Waals surface area contributed by atoms with Crippen molar-refractivity contribution >= 4 is 5.69 Å². The zero-order valence-electron chi connectivity index (χ0n) is 12.9. The lowest BCUT2D eigenvalue weighted by atomic mass is 9.95. The highest BCUT2D eigenvalue weighted by Crippen LogP contribution is 2.24. The van der Waals surface area contributed by atoms with E-state index in [9.17, 15) is 0 Å². The third kappa shape index (κ3) is 3.37. The lowest BCUT2D eigenvalue weighted by Crippen LogP contribution is -2.01. The van der Waals surface area contributed by atoms with Crippen LogP contribution in [0, 0.1) is 6.92 Å². The first-order chi connectivity index (χ1) is 10.7. The van der Waals surface area contributed by atoms with Crippen LogP contribution in [0.5, 0.6) is 0 Å². The number of aryl methyl sites for hydroxylation is 1. The Hall–Kier alpha value is -2.54. The largest absolute Gasteiger partial charge is 0.398 e. The average molecular weight is 287 g/mol. The molecule has 3 aromatic carbocycles. The van der Waals surface area contributed by atoms with E-state index in [2.05, 4.69) is 73.7 Å². The van der Waals surface area contributed by atoms with Gasteiger partial charge in [-0.3, -0.25) is 0 Å². The molecule has 0 aromatic heterocycles. The zero-order valence-corrected chi connectivity index (χ0v) is 12.9. The summed E-state index contributed by atoms with van der Waals surface area (Å²) in [4.78, 5) is 0. The quantitative estimate of drug-likeness (QED) is 0.688. The van der Waals surface area contributed by atoms with E-state index in [1.165, 1.54) is 27.8 Å². The summed E-state index contributed by atoms with van der Waals surface area (Å²) in [6.07, 6.45) is 1.83. The molecule has 0 amide bonds. The van der Waals surface area contributed by atoms with Gasteiger partial charge in [-0.1, -0.05) is 72.8 Å². The van der Waals surface area contributed by atoms with Gasteiger partial charge in [0.05, 0.1) is 0 Å². The summed E-state index contributed by atoms with van der Waals surface area (Å²) in [5.74, 6) is 0. The Kier molecular flexibility index (Phi) is 4.24. The summed E-state index contributed by atoms with van der Waals surface area (Å²) >= 11 is 0. The van der Waals surface area contributed by atoms with E-state index in [0.717, 1.165) is 18.5 Å². The van der Waals surface area contributed by atoms with Gasteiger partial charge in [0.1, 0.15) is 0 Å². The van der Waals surface area contributed by atoms with E-state index in [4.69, 9.17) is 5.73 Å². The predicted octanol–water partition coefficient (Wildman–Crippen LogP) is 4.76. The minimum Gasteiger partial charge on any atom is -0.398 e. The molecule has 3 aromatic rings. The fraction of sp³-hybridized carbons (Fsp3) is 0.143. The van der Waals surface area contributed by atoms with Gasteiger partial charge in [0.2, 0.25) is 0 Å². The van der Waals surface area contributed by atoms with Crippen LogP contribution in [-0.4, -0.2) is 0 Å². The first kappa shape index (κ1) is 14.4. The molecule has 0 saturated heterocycles. The number of nitrogens with two attached hydrogens (primary N) is 1. The number of rotatable bonds is 4. The van der Waals surface area contributed by atoms with E-state index >= 15 is 0 Å². The number of hydrogen-bond donors (Lipinski definition) is 1. The highest BCUT2D eigenvalue weighted by atomic mass is 14.6. The third-order valence-electron chi connectivity index (χ3n) is 4.02. The Morgan fingerprint density at radius 1 is 0.682 bits per heavy atom. The number of hydrogen-bond acceptors (Lipinski definition) is 1. The molecule has 3 rings (SSSR count). The summed E-state index contributed by atoms with van der Waals surface area (Å²) in [6, 6.07) is 25.5. The van der Waals surface area contributed by atoms with Crippen molar-refractivity contribution in [1.29, 1.82) is 0 Å². The summed E-state index contributed by atoms with van der Waals surface area (Å²) in [5, 5.41) is 0. The molecule has 0 saturated carbocycles. The molecule has 0 aliphatic carbocycles. The standard InChI is InChI=1S/C21H21N/c1-16-12-19(13-17-8-4-2-5-9-17)15-20(21(16)22)14-18-10-6-3-7-11-18/h2-12,15H,13-14,22H2,1H3. The normalized spacial score (nSPS) is 10.6. The van der Waals surface area contributed by atoms with Crippen LogP contribution in [0.25, 0.3) is 0 Å². The van der Waals surface area contributed by atoms with Crippen molar-refractivity contribution in [2.75, 3.05) is 5.73 Å². The van der Waals surface area contributed by atoms with Crippen molar-refractivity contribution < 1.29 is 0 Å². The Morgan fingerprint density at radius 3 is 1.82 bits per heavy atom. The van der Waals surface area contributed by atoms with Crippen LogP contribution in [0.2, 0.25) is 0 Å². The Morgan fingerprint density at radius 2 is 1.23 bits per heavy atom. The van der Waals surface area contributed by atoms with Crippen LogP contribution in [-0.2, 0) is 12.8 Å². The second kappa shape index (κ2) is 6.48. The lowest BCUT2D eigenvalue weighted by Gasteiger charge is -2.12. The van der Waals surface area contributed by atoms with E-state index in [-0.39, 0.29) is 0 Å². The van der Waals surface area contributed by atoms with Gasteiger partial charge in [0.25, 0.3) is 0 Å². The van der Waals surface area contributed by atoms with Crippen LogP contribution >= 0.6 is 0 Å². The first-order valence-electron chi connectivity index (χ1n) is 7.68. The molecule has 0 atom stereocenters. The molecule has 1 heteroatoms. The highest BCUT2D eigenvalue weighted by Gasteiger charge is 2.07. The SMILES string of the molecule is Cc1cc(Cc2ccccc2)cc(Cc2ccccc2)c1N. The summed E-state index contributed by atoms with van der Waals surface area (Å²) in [6.45, 7) is 2.10. The van der Waals surface area contributed by atoms with Crippen LogP contribution < -0.4 is 5.73 Å². The Balaban J connectivity index is 1.90. The molecule has 0 radical (unpaired) electrons. The second-order valence-corrected chi connectivity index (χ2v) is 5.81. The van der Waals surface area contributed by atoms with Crippen molar-refractivity contribution in [3.8, 4) is 0 Å².